The van der Waals surface area contributed by atoms with Gasteiger partial charge in [-0.2, -0.15) is 0 Å². The summed E-state index contributed by atoms with van der Waals surface area (Å²) >= 11 is 0. The van der Waals surface area contributed by atoms with Crippen LogP contribution >= 0.6 is 0 Å². The first-order chi connectivity index (χ1) is 8.13. The van der Waals surface area contributed by atoms with E-state index >= 15 is 0 Å². The molecule has 92 valence electrons. The Bertz CT molecular complexity index is 433. The third-order valence-electron chi connectivity index (χ3n) is 3.01. The van der Waals surface area contributed by atoms with Crippen molar-refractivity contribution < 1.29 is 19.7 Å². The standard InChI is InChI=1S/C12H15NO4/c1-17-8-5-6-13(7-8)12(16)9-3-2-4-10(14)11(9)15/h2-4,8,14-15H,5-7H2,1H3. The van der Waals surface area contributed by atoms with Gasteiger partial charge in [-0.05, 0) is 18.6 Å². The maximum atomic E-state index is 12.1. The van der Waals surface area contributed by atoms with Crippen molar-refractivity contribution >= 4 is 5.91 Å². The average Bonchev–Trinajstić information content (AvgIpc) is 2.80. The fourth-order valence-electron chi connectivity index (χ4n) is 1.98. The first-order valence-corrected chi connectivity index (χ1v) is 5.46. The number of rotatable bonds is 2. The summed E-state index contributed by atoms with van der Waals surface area (Å²) in [7, 11) is 1.62. The number of amides is 1. The Hall–Kier alpha value is -1.75. The summed E-state index contributed by atoms with van der Waals surface area (Å²) in [5.41, 5.74) is 0.127. The van der Waals surface area contributed by atoms with Crippen LogP contribution in [0.1, 0.15) is 16.8 Å². The number of carbonyl (C=O) groups excluding carboxylic acids is 1. The van der Waals surface area contributed by atoms with Gasteiger partial charge < -0.3 is 19.8 Å². The van der Waals surface area contributed by atoms with Gasteiger partial charge in [-0.1, -0.05) is 6.07 Å². The second-order valence-corrected chi connectivity index (χ2v) is 4.07. The Morgan fingerprint density at radius 2 is 2.24 bits per heavy atom. The van der Waals surface area contributed by atoms with E-state index in [1.165, 1.54) is 18.2 Å². The van der Waals surface area contributed by atoms with Crippen LogP contribution in [-0.2, 0) is 4.74 Å². The molecule has 1 atom stereocenters. The minimum atomic E-state index is -0.363. The molecule has 1 fully saturated rings. The fourth-order valence-corrected chi connectivity index (χ4v) is 1.98. The number of ether oxygens (including phenoxy) is 1. The summed E-state index contributed by atoms with van der Waals surface area (Å²) in [6.07, 6.45) is 0.848. The molecule has 2 rings (SSSR count). The minimum Gasteiger partial charge on any atom is -0.504 e. The zero-order valence-electron chi connectivity index (χ0n) is 9.59. The Morgan fingerprint density at radius 3 is 2.88 bits per heavy atom. The molecule has 0 radical (unpaired) electrons. The zero-order chi connectivity index (χ0) is 12.4. The molecular weight excluding hydrogens is 222 g/mol. The van der Waals surface area contributed by atoms with Crippen LogP contribution < -0.4 is 0 Å². The number of phenols is 2. The van der Waals surface area contributed by atoms with Gasteiger partial charge in [-0.15, -0.1) is 0 Å². The van der Waals surface area contributed by atoms with Gasteiger partial charge in [0, 0.05) is 20.2 Å². The Kier molecular flexibility index (Phi) is 3.19. The van der Waals surface area contributed by atoms with Crippen molar-refractivity contribution in [3.8, 4) is 11.5 Å². The van der Waals surface area contributed by atoms with Crippen molar-refractivity contribution in [3.63, 3.8) is 0 Å². The number of likely N-dealkylation sites (tertiary alicyclic amines) is 1. The lowest BCUT2D eigenvalue weighted by molar-refractivity contribution is 0.0721. The molecule has 1 aromatic carbocycles. The fraction of sp³-hybridized carbons (Fsp3) is 0.417. The molecular formula is C12H15NO4. The summed E-state index contributed by atoms with van der Waals surface area (Å²) < 4.78 is 5.18. The highest BCUT2D eigenvalue weighted by atomic mass is 16.5. The lowest BCUT2D eigenvalue weighted by Crippen LogP contribution is -2.29. The molecule has 0 saturated carbocycles. The van der Waals surface area contributed by atoms with Crippen molar-refractivity contribution in [3.05, 3.63) is 23.8 Å². The molecule has 0 bridgehead atoms. The van der Waals surface area contributed by atoms with Crippen LogP contribution in [-0.4, -0.2) is 47.3 Å². The van der Waals surface area contributed by atoms with E-state index in [-0.39, 0.29) is 29.1 Å². The molecule has 1 amide bonds. The predicted molar refractivity (Wildman–Crippen MR) is 61.1 cm³/mol. The smallest absolute Gasteiger partial charge is 0.257 e. The van der Waals surface area contributed by atoms with Crippen LogP contribution in [0.25, 0.3) is 0 Å². The van der Waals surface area contributed by atoms with Crippen LogP contribution in [0.2, 0.25) is 0 Å². The predicted octanol–water partition coefficient (Wildman–Crippen LogP) is 0.959. The monoisotopic (exact) mass is 237 g/mol. The number of hydrogen-bond acceptors (Lipinski definition) is 4. The molecule has 1 heterocycles. The maximum absolute atomic E-state index is 12.1. The van der Waals surface area contributed by atoms with Gasteiger partial charge in [-0.3, -0.25) is 4.79 Å². The van der Waals surface area contributed by atoms with Gasteiger partial charge in [0.25, 0.3) is 5.91 Å². The number of hydrogen-bond donors (Lipinski definition) is 2. The first kappa shape index (κ1) is 11.7. The third-order valence-corrected chi connectivity index (χ3v) is 3.01. The Labute approximate surface area is 99.2 Å². The molecule has 2 N–H and O–H groups in total. The largest absolute Gasteiger partial charge is 0.504 e. The first-order valence-electron chi connectivity index (χ1n) is 5.46. The Morgan fingerprint density at radius 1 is 1.47 bits per heavy atom. The lowest BCUT2D eigenvalue weighted by atomic mass is 10.1. The average molecular weight is 237 g/mol. The summed E-state index contributed by atoms with van der Waals surface area (Å²) in [4.78, 5) is 13.7. The molecule has 0 spiro atoms. The van der Waals surface area contributed by atoms with Crippen molar-refractivity contribution in [1.82, 2.24) is 4.90 Å². The summed E-state index contributed by atoms with van der Waals surface area (Å²) in [6, 6.07) is 4.37. The van der Waals surface area contributed by atoms with Gasteiger partial charge in [0.05, 0.1) is 11.7 Å². The highest BCUT2D eigenvalue weighted by Gasteiger charge is 2.28. The molecule has 0 aliphatic carbocycles. The number of benzene rings is 1. The van der Waals surface area contributed by atoms with Gasteiger partial charge in [-0.25, -0.2) is 0 Å². The van der Waals surface area contributed by atoms with E-state index in [4.69, 9.17) is 4.74 Å². The van der Waals surface area contributed by atoms with E-state index < -0.39 is 0 Å². The number of aromatic hydroxyl groups is 2. The van der Waals surface area contributed by atoms with Gasteiger partial charge in [0.1, 0.15) is 0 Å². The highest BCUT2D eigenvalue weighted by molar-refractivity contribution is 5.97. The van der Waals surface area contributed by atoms with E-state index in [9.17, 15) is 15.0 Å². The van der Waals surface area contributed by atoms with Crippen LogP contribution in [0.3, 0.4) is 0 Å². The third kappa shape index (κ3) is 2.19. The normalized spacial score (nSPS) is 19.6. The summed E-state index contributed by atoms with van der Waals surface area (Å²) in [5, 5.41) is 19.0. The summed E-state index contributed by atoms with van der Waals surface area (Å²) in [5.74, 6) is -0.922. The van der Waals surface area contributed by atoms with Gasteiger partial charge >= 0.3 is 0 Å². The molecule has 17 heavy (non-hydrogen) atoms. The lowest BCUT2D eigenvalue weighted by Gasteiger charge is -2.17. The van der Waals surface area contributed by atoms with Crippen LogP contribution in [0.15, 0.2) is 18.2 Å². The van der Waals surface area contributed by atoms with Crippen molar-refractivity contribution in [2.75, 3.05) is 20.2 Å². The summed E-state index contributed by atoms with van der Waals surface area (Å²) in [6.45, 7) is 1.12. The molecule has 1 aliphatic heterocycles. The molecule has 5 nitrogen and oxygen atoms in total. The number of para-hydroxylation sites is 1. The molecule has 1 saturated heterocycles. The van der Waals surface area contributed by atoms with Crippen LogP contribution in [0.4, 0.5) is 0 Å². The van der Waals surface area contributed by atoms with E-state index in [1.807, 2.05) is 0 Å². The molecule has 0 aromatic heterocycles. The topological polar surface area (TPSA) is 70.0 Å². The second kappa shape index (κ2) is 4.63. The van der Waals surface area contributed by atoms with E-state index in [1.54, 1.807) is 12.0 Å². The van der Waals surface area contributed by atoms with Crippen molar-refractivity contribution in [2.45, 2.75) is 12.5 Å². The van der Waals surface area contributed by atoms with E-state index in [0.29, 0.717) is 13.1 Å². The van der Waals surface area contributed by atoms with Gasteiger partial charge in [0.15, 0.2) is 11.5 Å². The number of methoxy groups -OCH3 is 1. The van der Waals surface area contributed by atoms with E-state index in [0.717, 1.165) is 6.42 Å². The van der Waals surface area contributed by atoms with E-state index in [2.05, 4.69) is 0 Å². The molecule has 5 heteroatoms. The number of nitrogens with zero attached hydrogens (tertiary/aromatic N) is 1. The van der Waals surface area contributed by atoms with Gasteiger partial charge in [0.2, 0.25) is 0 Å². The SMILES string of the molecule is COC1CCN(C(=O)c2cccc(O)c2O)C1. The quantitative estimate of drug-likeness (QED) is 0.752. The zero-order valence-corrected chi connectivity index (χ0v) is 9.59. The van der Waals surface area contributed by atoms with Crippen molar-refractivity contribution in [1.29, 1.82) is 0 Å². The highest BCUT2D eigenvalue weighted by Crippen LogP contribution is 2.30. The number of phenolic OH excluding ortho intramolecular Hbond substituents is 2. The second-order valence-electron chi connectivity index (χ2n) is 4.07. The van der Waals surface area contributed by atoms with Crippen LogP contribution in [0, 0.1) is 0 Å². The Balaban J connectivity index is 2.18. The molecule has 1 unspecified atom stereocenters. The maximum Gasteiger partial charge on any atom is 0.257 e. The molecule has 1 aliphatic rings. The minimum absolute atomic E-state index is 0.0541. The van der Waals surface area contributed by atoms with Crippen LogP contribution in [0.5, 0.6) is 11.5 Å². The molecule has 1 aromatic rings. The van der Waals surface area contributed by atoms with Crippen molar-refractivity contribution in [2.24, 2.45) is 0 Å². The number of carbonyl (C=O) groups is 1.